The molecule has 0 unspecified atom stereocenters. The number of fused-ring (bicyclic) bond motifs is 1. The number of hydrogen-bond donors (Lipinski definition) is 1. The smallest absolute Gasteiger partial charge is 0.336 e. The fourth-order valence-electron chi connectivity index (χ4n) is 3.39. The predicted octanol–water partition coefficient (Wildman–Crippen LogP) is 3.36. The molecule has 1 aromatic heterocycles. The lowest BCUT2D eigenvalue weighted by Crippen LogP contribution is -2.13. The Hall–Kier alpha value is -2.88. The number of carbonyl (C=O) groups is 1. The summed E-state index contributed by atoms with van der Waals surface area (Å²) in [6, 6.07) is 15.3. The summed E-state index contributed by atoms with van der Waals surface area (Å²) < 4.78 is 5.41. The van der Waals surface area contributed by atoms with Gasteiger partial charge < -0.3 is 10.2 Å². The molecule has 3 aromatic rings. The summed E-state index contributed by atoms with van der Waals surface area (Å²) in [6.07, 6.45) is 0.766. The Kier molecular flexibility index (Phi) is 3.27. The van der Waals surface area contributed by atoms with E-state index in [2.05, 4.69) is 0 Å². The summed E-state index contributed by atoms with van der Waals surface area (Å²) in [5, 5.41) is 0.893. The number of hydrogen-bond acceptors (Lipinski definition) is 3. The summed E-state index contributed by atoms with van der Waals surface area (Å²) in [4.78, 5) is 23.3. The Morgan fingerprint density at radius 3 is 2.62 bits per heavy atom. The molecular weight excluding hydrogens is 302 g/mol. The van der Waals surface area contributed by atoms with Crippen LogP contribution in [0, 0.1) is 12.8 Å². The fourth-order valence-corrected chi connectivity index (χ4v) is 3.39. The van der Waals surface area contributed by atoms with E-state index in [1.807, 2.05) is 49.4 Å². The highest BCUT2D eigenvalue weighted by molar-refractivity contribution is 5.94. The molecule has 4 rings (SSSR count). The lowest BCUT2D eigenvalue weighted by Gasteiger charge is -2.09. The van der Waals surface area contributed by atoms with Gasteiger partial charge in [0.2, 0.25) is 5.91 Å². The topological polar surface area (TPSA) is 73.3 Å². The van der Waals surface area contributed by atoms with Crippen LogP contribution in [0.5, 0.6) is 0 Å². The van der Waals surface area contributed by atoms with Gasteiger partial charge in [0.05, 0.1) is 0 Å². The lowest BCUT2D eigenvalue weighted by molar-refractivity contribution is -0.119. The highest BCUT2D eigenvalue weighted by Crippen LogP contribution is 2.47. The SMILES string of the molecule is Cc1ccccc1-c1cc(=O)oc2cc([C@H]3C[C@H]3C(N)=O)ccc12. The molecule has 0 saturated heterocycles. The predicted molar refractivity (Wildman–Crippen MR) is 92.7 cm³/mol. The average Bonchev–Trinajstić information content (AvgIpc) is 3.35. The van der Waals surface area contributed by atoms with Crippen LogP contribution in [-0.4, -0.2) is 5.91 Å². The first kappa shape index (κ1) is 14.7. The van der Waals surface area contributed by atoms with Gasteiger partial charge in [-0.2, -0.15) is 0 Å². The fraction of sp³-hybridized carbons (Fsp3) is 0.200. The zero-order valence-electron chi connectivity index (χ0n) is 13.3. The van der Waals surface area contributed by atoms with E-state index in [4.69, 9.17) is 10.2 Å². The van der Waals surface area contributed by atoms with E-state index in [0.29, 0.717) is 5.58 Å². The van der Waals surface area contributed by atoms with Crippen molar-refractivity contribution in [3.8, 4) is 11.1 Å². The highest BCUT2D eigenvalue weighted by Gasteiger charge is 2.42. The molecule has 2 N–H and O–H groups in total. The van der Waals surface area contributed by atoms with E-state index >= 15 is 0 Å². The van der Waals surface area contributed by atoms with Crippen molar-refractivity contribution < 1.29 is 9.21 Å². The molecule has 2 atom stereocenters. The third kappa shape index (κ3) is 2.40. The number of rotatable bonds is 3. The van der Waals surface area contributed by atoms with Crippen molar-refractivity contribution in [1.82, 2.24) is 0 Å². The van der Waals surface area contributed by atoms with Gasteiger partial charge in [0, 0.05) is 22.9 Å². The van der Waals surface area contributed by atoms with Gasteiger partial charge in [-0.25, -0.2) is 4.79 Å². The number of aryl methyl sites for hydroxylation is 1. The first-order valence-corrected chi connectivity index (χ1v) is 7.98. The van der Waals surface area contributed by atoms with Gasteiger partial charge in [0.15, 0.2) is 0 Å². The van der Waals surface area contributed by atoms with Crippen molar-refractivity contribution in [2.45, 2.75) is 19.3 Å². The van der Waals surface area contributed by atoms with Gasteiger partial charge in [-0.1, -0.05) is 36.4 Å². The maximum absolute atomic E-state index is 12.0. The Bertz CT molecular complexity index is 1020. The second-order valence-electron chi connectivity index (χ2n) is 6.40. The maximum Gasteiger partial charge on any atom is 0.336 e. The maximum atomic E-state index is 12.0. The molecule has 0 aliphatic heterocycles. The molecule has 0 spiro atoms. The van der Waals surface area contributed by atoms with Gasteiger partial charge in [0.25, 0.3) is 0 Å². The third-order valence-corrected chi connectivity index (χ3v) is 4.79. The van der Waals surface area contributed by atoms with Crippen LogP contribution in [-0.2, 0) is 4.79 Å². The minimum absolute atomic E-state index is 0.103. The van der Waals surface area contributed by atoms with Gasteiger partial charge in [0.1, 0.15) is 5.58 Å². The van der Waals surface area contributed by atoms with Crippen LogP contribution in [0.1, 0.15) is 23.5 Å². The van der Waals surface area contributed by atoms with Crippen LogP contribution < -0.4 is 11.4 Å². The number of nitrogens with two attached hydrogens (primary N) is 1. The molecular formula is C20H17NO3. The number of amides is 1. The minimum atomic E-state index is -0.375. The Balaban J connectivity index is 1.87. The summed E-state index contributed by atoms with van der Waals surface area (Å²) in [5.74, 6) is -0.233. The lowest BCUT2D eigenvalue weighted by atomic mass is 9.96. The van der Waals surface area contributed by atoms with Gasteiger partial charge in [-0.05, 0) is 42.0 Å². The number of primary amides is 1. The zero-order chi connectivity index (χ0) is 16.8. The molecule has 120 valence electrons. The van der Waals surface area contributed by atoms with E-state index in [1.54, 1.807) is 0 Å². The van der Waals surface area contributed by atoms with Crippen molar-refractivity contribution in [2.75, 3.05) is 0 Å². The monoisotopic (exact) mass is 319 g/mol. The molecule has 0 radical (unpaired) electrons. The molecule has 1 heterocycles. The summed E-state index contributed by atoms with van der Waals surface area (Å²) in [5.41, 5.74) is 9.53. The molecule has 1 fully saturated rings. The van der Waals surface area contributed by atoms with Crippen molar-refractivity contribution in [3.05, 3.63) is 70.1 Å². The van der Waals surface area contributed by atoms with Crippen LogP contribution in [0.4, 0.5) is 0 Å². The molecule has 4 nitrogen and oxygen atoms in total. The van der Waals surface area contributed by atoms with Crippen LogP contribution >= 0.6 is 0 Å². The third-order valence-electron chi connectivity index (χ3n) is 4.79. The van der Waals surface area contributed by atoms with Crippen molar-refractivity contribution in [1.29, 1.82) is 0 Å². The van der Waals surface area contributed by atoms with Crippen LogP contribution in [0.25, 0.3) is 22.1 Å². The van der Waals surface area contributed by atoms with Crippen molar-refractivity contribution >= 4 is 16.9 Å². The van der Waals surface area contributed by atoms with Crippen molar-refractivity contribution in [3.63, 3.8) is 0 Å². The summed E-state index contributed by atoms with van der Waals surface area (Å²) in [7, 11) is 0. The van der Waals surface area contributed by atoms with Crippen LogP contribution in [0.15, 0.2) is 57.7 Å². The molecule has 4 heteroatoms. The average molecular weight is 319 g/mol. The summed E-state index contributed by atoms with van der Waals surface area (Å²) in [6.45, 7) is 2.02. The first-order valence-electron chi connectivity index (χ1n) is 7.98. The molecule has 1 aliphatic carbocycles. The summed E-state index contributed by atoms with van der Waals surface area (Å²) >= 11 is 0. The normalized spacial score (nSPS) is 19.4. The van der Waals surface area contributed by atoms with E-state index in [9.17, 15) is 9.59 Å². The van der Waals surface area contributed by atoms with Crippen LogP contribution in [0.3, 0.4) is 0 Å². The second kappa shape index (κ2) is 5.34. The zero-order valence-corrected chi connectivity index (χ0v) is 13.3. The Morgan fingerprint density at radius 1 is 1.12 bits per heavy atom. The molecule has 24 heavy (non-hydrogen) atoms. The Labute approximate surface area is 138 Å². The van der Waals surface area contributed by atoms with Gasteiger partial charge in [-0.15, -0.1) is 0 Å². The molecule has 0 bridgehead atoms. The second-order valence-corrected chi connectivity index (χ2v) is 6.40. The van der Waals surface area contributed by atoms with Gasteiger partial charge in [-0.3, -0.25) is 4.79 Å². The first-order chi connectivity index (χ1) is 11.5. The Morgan fingerprint density at radius 2 is 1.92 bits per heavy atom. The number of carbonyl (C=O) groups excluding carboxylic acids is 1. The highest BCUT2D eigenvalue weighted by atomic mass is 16.4. The molecule has 1 aliphatic rings. The number of benzene rings is 2. The van der Waals surface area contributed by atoms with Gasteiger partial charge >= 0.3 is 5.63 Å². The van der Waals surface area contributed by atoms with E-state index < -0.39 is 0 Å². The van der Waals surface area contributed by atoms with E-state index in [0.717, 1.165) is 34.1 Å². The molecule has 1 saturated carbocycles. The molecule has 1 amide bonds. The van der Waals surface area contributed by atoms with Crippen LogP contribution in [0.2, 0.25) is 0 Å². The quantitative estimate of drug-likeness (QED) is 0.752. The largest absolute Gasteiger partial charge is 0.423 e. The minimum Gasteiger partial charge on any atom is -0.423 e. The van der Waals surface area contributed by atoms with Crippen molar-refractivity contribution in [2.24, 2.45) is 11.7 Å². The molecule has 2 aromatic carbocycles. The van der Waals surface area contributed by atoms with E-state index in [1.165, 1.54) is 6.07 Å². The van der Waals surface area contributed by atoms with E-state index in [-0.39, 0.29) is 23.4 Å². The standard InChI is InChI=1S/C20H17NO3/c1-11-4-2-3-5-13(11)16-10-19(22)24-18-8-12(6-7-14(16)18)15-9-17(15)20(21)23/h2-8,10,15,17H,9H2,1H3,(H2,21,23)/t15-,17-/m1/s1.